The predicted molar refractivity (Wildman–Crippen MR) is 91.3 cm³/mol. The molecule has 1 N–H and O–H groups in total. The van der Waals surface area contributed by atoms with Crippen molar-refractivity contribution in [2.45, 2.75) is 70.4 Å². The Morgan fingerprint density at radius 2 is 1.57 bits per heavy atom. The average molecular weight is 314 g/mol. The highest BCUT2D eigenvalue weighted by Gasteiger charge is 2.40. The van der Waals surface area contributed by atoms with Crippen LogP contribution >= 0.6 is 0 Å². The third kappa shape index (κ3) is 3.81. The number of rotatable bonds is 3. The summed E-state index contributed by atoms with van der Waals surface area (Å²) in [5.41, 5.74) is 1.81. The highest BCUT2D eigenvalue weighted by Crippen LogP contribution is 2.25. The van der Waals surface area contributed by atoms with Gasteiger partial charge in [-0.15, -0.1) is 0 Å². The van der Waals surface area contributed by atoms with E-state index in [4.69, 9.17) is 0 Å². The van der Waals surface area contributed by atoms with Crippen LogP contribution in [0.3, 0.4) is 0 Å². The molecule has 0 unspecified atom stereocenters. The fourth-order valence-corrected chi connectivity index (χ4v) is 3.63. The Morgan fingerprint density at radius 1 is 0.957 bits per heavy atom. The molecule has 0 spiro atoms. The number of nitrogens with one attached hydrogen (secondary N) is 1. The molecule has 1 heterocycles. The summed E-state index contributed by atoms with van der Waals surface area (Å²) in [7, 11) is 0. The normalized spacial score (nSPS) is 23.9. The van der Waals surface area contributed by atoms with Crippen LogP contribution in [0.2, 0.25) is 0 Å². The minimum atomic E-state index is -0.353. The standard InChI is InChI=1S/C19H26N2O2/c1-14-9-11-16(12-10-14)21-18(22)13-17(19(21)23)20-15-7-5-3-2-4-6-8-15/h9-12,15,17,20H,2-8,13H2,1H3/t17-/m1/s1. The summed E-state index contributed by atoms with van der Waals surface area (Å²) in [5.74, 6) is -0.192. The monoisotopic (exact) mass is 314 g/mol. The number of hydrogen-bond donors (Lipinski definition) is 1. The largest absolute Gasteiger partial charge is 0.303 e. The second-order valence-electron chi connectivity index (χ2n) is 6.87. The zero-order chi connectivity index (χ0) is 16.2. The van der Waals surface area contributed by atoms with Gasteiger partial charge in [0.25, 0.3) is 5.91 Å². The van der Waals surface area contributed by atoms with Crippen molar-refractivity contribution in [2.24, 2.45) is 0 Å². The Bertz CT molecular complexity index is 559. The van der Waals surface area contributed by atoms with E-state index < -0.39 is 0 Å². The molecule has 1 aliphatic heterocycles. The average Bonchev–Trinajstić information content (AvgIpc) is 2.77. The summed E-state index contributed by atoms with van der Waals surface area (Å²) < 4.78 is 0. The lowest BCUT2D eigenvalue weighted by Crippen LogP contribution is -2.44. The number of hydrogen-bond acceptors (Lipinski definition) is 3. The summed E-state index contributed by atoms with van der Waals surface area (Å²) in [6.45, 7) is 2.00. The number of imide groups is 1. The molecule has 1 saturated heterocycles. The molecule has 1 aromatic rings. The first-order chi connectivity index (χ1) is 11.1. The van der Waals surface area contributed by atoms with Gasteiger partial charge in [0.2, 0.25) is 5.91 Å². The lowest BCUT2D eigenvalue weighted by Gasteiger charge is -2.24. The summed E-state index contributed by atoms with van der Waals surface area (Å²) >= 11 is 0. The van der Waals surface area contributed by atoms with E-state index in [1.165, 1.54) is 37.0 Å². The van der Waals surface area contributed by atoms with Gasteiger partial charge in [-0.25, -0.2) is 4.90 Å². The van der Waals surface area contributed by atoms with Crippen molar-refractivity contribution < 1.29 is 9.59 Å². The smallest absolute Gasteiger partial charge is 0.251 e. The van der Waals surface area contributed by atoms with E-state index in [1.54, 1.807) is 0 Å². The lowest BCUT2D eigenvalue weighted by molar-refractivity contribution is -0.121. The summed E-state index contributed by atoms with van der Waals surface area (Å²) in [6.07, 6.45) is 8.84. The van der Waals surface area contributed by atoms with E-state index in [9.17, 15) is 9.59 Å². The van der Waals surface area contributed by atoms with Crippen molar-refractivity contribution in [3.8, 4) is 0 Å². The van der Waals surface area contributed by atoms with Crippen LogP contribution in [0, 0.1) is 6.92 Å². The van der Waals surface area contributed by atoms with Gasteiger partial charge in [-0.2, -0.15) is 0 Å². The van der Waals surface area contributed by atoms with E-state index in [0.29, 0.717) is 11.7 Å². The van der Waals surface area contributed by atoms with Gasteiger partial charge in [-0.05, 0) is 31.9 Å². The lowest BCUT2D eigenvalue weighted by atomic mass is 9.96. The Labute approximate surface area is 138 Å². The minimum absolute atomic E-state index is 0.0952. The molecule has 124 valence electrons. The molecule has 0 radical (unpaired) electrons. The van der Waals surface area contributed by atoms with Crippen molar-refractivity contribution in [3.63, 3.8) is 0 Å². The molecule has 2 aliphatic rings. The van der Waals surface area contributed by atoms with Crippen molar-refractivity contribution >= 4 is 17.5 Å². The van der Waals surface area contributed by atoms with Crippen LogP contribution in [0.15, 0.2) is 24.3 Å². The van der Waals surface area contributed by atoms with Crippen molar-refractivity contribution in [1.82, 2.24) is 5.32 Å². The Morgan fingerprint density at radius 3 is 2.22 bits per heavy atom. The number of carbonyl (C=O) groups excluding carboxylic acids is 2. The number of carbonyl (C=O) groups is 2. The first kappa shape index (κ1) is 16.2. The molecule has 2 fully saturated rings. The third-order valence-electron chi connectivity index (χ3n) is 4.98. The van der Waals surface area contributed by atoms with E-state index in [0.717, 1.165) is 18.4 Å². The molecular weight excluding hydrogens is 288 g/mol. The first-order valence-electron chi connectivity index (χ1n) is 8.84. The second-order valence-corrected chi connectivity index (χ2v) is 6.87. The summed E-state index contributed by atoms with van der Waals surface area (Å²) in [5, 5.41) is 3.46. The minimum Gasteiger partial charge on any atom is -0.303 e. The van der Waals surface area contributed by atoms with Crippen LogP contribution in [0.4, 0.5) is 5.69 Å². The van der Waals surface area contributed by atoms with Crippen LogP contribution in [-0.2, 0) is 9.59 Å². The molecule has 1 aliphatic carbocycles. The number of nitrogens with zero attached hydrogens (tertiary/aromatic N) is 1. The van der Waals surface area contributed by atoms with Gasteiger partial charge in [-0.1, -0.05) is 49.8 Å². The van der Waals surface area contributed by atoms with Crippen molar-refractivity contribution in [2.75, 3.05) is 4.90 Å². The summed E-state index contributed by atoms with van der Waals surface area (Å²) in [6, 6.07) is 7.59. The predicted octanol–water partition coefficient (Wildman–Crippen LogP) is 3.33. The summed E-state index contributed by atoms with van der Waals surface area (Å²) in [4.78, 5) is 26.3. The van der Waals surface area contributed by atoms with Crippen molar-refractivity contribution in [1.29, 1.82) is 0 Å². The van der Waals surface area contributed by atoms with Crippen LogP contribution in [0.25, 0.3) is 0 Å². The fraction of sp³-hybridized carbons (Fsp3) is 0.579. The Hall–Kier alpha value is -1.68. The SMILES string of the molecule is Cc1ccc(N2C(=O)C[C@@H](NC3CCCCCCC3)C2=O)cc1. The highest BCUT2D eigenvalue weighted by atomic mass is 16.2. The van der Waals surface area contributed by atoms with E-state index >= 15 is 0 Å². The van der Waals surface area contributed by atoms with Gasteiger partial charge in [0.1, 0.15) is 0 Å². The first-order valence-corrected chi connectivity index (χ1v) is 8.84. The Kier molecular flexibility index (Phi) is 5.11. The number of aryl methyl sites for hydroxylation is 1. The zero-order valence-corrected chi connectivity index (χ0v) is 13.9. The molecule has 1 aromatic carbocycles. The van der Waals surface area contributed by atoms with Crippen LogP contribution in [0.1, 0.15) is 56.9 Å². The molecule has 1 saturated carbocycles. The molecular formula is C19H26N2O2. The van der Waals surface area contributed by atoms with Crippen molar-refractivity contribution in [3.05, 3.63) is 29.8 Å². The molecule has 23 heavy (non-hydrogen) atoms. The van der Waals surface area contributed by atoms with E-state index in [1.807, 2.05) is 31.2 Å². The van der Waals surface area contributed by atoms with Gasteiger partial charge in [-0.3, -0.25) is 9.59 Å². The maximum atomic E-state index is 12.7. The molecule has 1 atom stereocenters. The molecule has 2 amide bonds. The fourth-order valence-electron chi connectivity index (χ4n) is 3.63. The van der Waals surface area contributed by atoms with E-state index in [2.05, 4.69) is 5.32 Å². The number of amides is 2. The number of benzene rings is 1. The van der Waals surface area contributed by atoms with Crippen LogP contribution < -0.4 is 10.2 Å². The molecule has 4 nitrogen and oxygen atoms in total. The van der Waals surface area contributed by atoms with Gasteiger partial charge >= 0.3 is 0 Å². The van der Waals surface area contributed by atoms with E-state index in [-0.39, 0.29) is 24.3 Å². The van der Waals surface area contributed by atoms with Gasteiger partial charge in [0, 0.05) is 6.04 Å². The van der Waals surface area contributed by atoms with Crippen LogP contribution in [-0.4, -0.2) is 23.9 Å². The van der Waals surface area contributed by atoms with Gasteiger partial charge in [0.05, 0.1) is 18.2 Å². The molecule has 3 rings (SSSR count). The van der Waals surface area contributed by atoms with Gasteiger partial charge in [0.15, 0.2) is 0 Å². The number of anilines is 1. The zero-order valence-electron chi connectivity index (χ0n) is 13.9. The Balaban J connectivity index is 1.66. The quantitative estimate of drug-likeness (QED) is 0.871. The van der Waals surface area contributed by atoms with Crippen LogP contribution in [0.5, 0.6) is 0 Å². The maximum Gasteiger partial charge on any atom is 0.251 e. The molecule has 4 heteroatoms. The maximum absolute atomic E-state index is 12.7. The highest BCUT2D eigenvalue weighted by molar-refractivity contribution is 6.22. The topological polar surface area (TPSA) is 49.4 Å². The third-order valence-corrected chi connectivity index (χ3v) is 4.98. The van der Waals surface area contributed by atoms with Gasteiger partial charge < -0.3 is 5.32 Å². The molecule has 0 bridgehead atoms. The second kappa shape index (κ2) is 7.26. The molecule has 0 aromatic heterocycles.